The Bertz CT molecular complexity index is 575. The average Bonchev–Trinajstić information content (AvgIpc) is 2.78. The number of carbonyl (C=O) groups excluding carboxylic acids is 1. The molecule has 8 heteroatoms. The van der Waals surface area contributed by atoms with Crippen molar-refractivity contribution in [3.63, 3.8) is 0 Å². The van der Waals surface area contributed by atoms with Gasteiger partial charge >= 0.3 is 0 Å². The third-order valence-corrected chi connectivity index (χ3v) is 2.88. The van der Waals surface area contributed by atoms with Crippen LogP contribution in [-0.2, 0) is 4.79 Å². The first-order valence-corrected chi connectivity index (χ1v) is 5.96. The summed E-state index contributed by atoms with van der Waals surface area (Å²) in [5.41, 5.74) is 9.55. The molecule has 1 aromatic carbocycles. The minimum absolute atomic E-state index is 0.0802. The summed E-state index contributed by atoms with van der Waals surface area (Å²) in [6, 6.07) is 7.01. The van der Waals surface area contributed by atoms with E-state index in [-0.39, 0.29) is 5.91 Å². The molecule has 0 bridgehead atoms. The molecular formula is C10H8N6OS. The number of amides is 1. The van der Waals surface area contributed by atoms with Crippen LogP contribution in [0.4, 0.5) is 5.69 Å². The van der Waals surface area contributed by atoms with Gasteiger partial charge in [-0.25, -0.2) is 0 Å². The van der Waals surface area contributed by atoms with E-state index in [0.29, 0.717) is 22.2 Å². The predicted octanol–water partition coefficient (Wildman–Crippen LogP) is 2.18. The monoisotopic (exact) mass is 260 g/mol. The fourth-order valence-corrected chi connectivity index (χ4v) is 1.89. The Morgan fingerprint density at radius 2 is 2.28 bits per heavy atom. The van der Waals surface area contributed by atoms with Crippen LogP contribution in [0.5, 0.6) is 0 Å². The van der Waals surface area contributed by atoms with Crippen molar-refractivity contribution in [1.29, 1.82) is 0 Å². The molecule has 0 unspecified atom stereocenters. The third kappa shape index (κ3) is 3.09. The van der Waals surface area contributed by atoms with Crippen LogP contribution in [0.3, 0.4) is 0 Å². The summed E-state index contributed by atoms with van der Waals surface area (Å²) in [5.74, 6) is 0.285. The molecule has 0 radical (unpaired) electrons. The van der Waals surface area contributed by atoms with Crippen molar-refractivity contribution in [2.24, 2.45) is 15.3 Å². The lowest BCUT2D eigenvalue weighted by Gasteiger charge is -1.96. The summed E-state index contributed by atoms with van der Waals surface area (Å²) in [6.07, 6.45) is 1.47. The number of rotatable bonds is 3. The zero-order valence-electron chi connectivity index (χ0n) is 9.15. The molecule has 2 rings (SSSR count). The molecule has 90 valence electrons. The Morgan fingerprint density at radius 3 is 3.00 bits per heavy atom. The molecule has 1 aliphatic rings. The maximum absolute atomic E-state index is 10.9. The second kappa shape index (κ2) is 5.85. The van der Waals surface area contributed by atoms with E-state index in [9.17, 15) is 4.79 Å². The molecule has 0 spiro atoms. The summed E-state index contributed by atoms with van der Waals surface area (Å²) in [7, 11) is 0. The van der Waals surface area contributed by atoms with Gasteiger partial charge in [-0.05, 0) is 5.53 Å². The van der Waals surface area contributed by atoms with Crippen molar-refractivity contribution in [1.82, 2.24) is 5.32 Å². The van der Waals surface area contributed by atoms with Crippen molar-refractivity contribution in [3.05, 3.63) is 40.3 Å². The largest absolute Gasteiger partial charge is 0.303 e. The Labute approximate surface area is 107 Å². The van der Waals surface area contributed by atoms with Gasteiger partial charge in [0, 0.05) is 16.2 Å². The van der Waals surface area contributed by atoms with Crippen molar-refractivity contribution in [3.8, 4) is 0 Å². The second-order valence-corrected chi connectivity index (χ2v) is 4.20. The van der Waals surface area contributed by atoms with Gasteiger partial charge in [-0.3, -0.25) is 4.79 Å². The molecule has 1 fully saturated rings. The molecule has 18 heavy (non-hydrogen) atoms. The predicted molar refractivity (Wildman–Crippen MR) is 70.9 cm³/mol. The van der Waals surface area contributed by atoms with Crippen LogP contribution in [0.15, 0.2) is 39.6 Å². The molecule has 0 aliphatic carbocycles. The standard InChI is InChI=1S/C10H8N6OS/c11-16-14-8-4-2-1-3-7(8)5-12-15-10-13-9(17)6-18-10/h1-5H,6H2,(H,13,15,17). The number of azide groups is 1. The van der Waals surface area contributed by atoms with Crippen molar-refractivity contribution in [2.45, 2.75) is 0 Å². The van der Waals surface area contributed by atoms with E-state index in [1.807, 2.05) is 0 Å². The minimum atomic E-state index is -0.0802. The summed E-state index contributed by atoms with van der Waals surface area (Å²) in [4.78, 5) is 13.6. The Kier molecular flexibility index (Phi) is 3.95. The number of hydrogen-bond acceptors (Lipinski definition) is 5. The smallest absolute Gasteiger partial charge is 0.236 e. The summed E-state index contributed by atoms with van der Waals surface area (Å²) >= 11 is 1.29. The van der Waals surface area contributed by atoms with Gasteiger partial charge in [-0.1, -0.05) is 41.1 Å². The van der Waals surface area contributed by atoms with Gasteiger partial charge in [0.1, 0.15) is 0 Å². The summed E-state index contributed by atoms with van der Waals surface area (Å²) in [5, 5.41) is 14.3. The highest BCUT2D eigenvalue weighted by Gasteiger charge is 2.15. The topological polar surface area (TPSA) is 103 Å². The first-order valence-electron chi connectivity index (χ1n) is 4.97. The van der Waals surface area contributed by atoms with E-state index in [1.165, 1.54) is 18.0 Å². The number of nitrogens with zero attached hydrogens (tertiary/aromatic N) is 5. The first kappa shape index (κ1) is 12.2. The lowest BCUT2D eigenvalue weighted by Crippen LogP contribution is -2.19. The Hall–Kier alpha value is -2.31. The van der Waals surface area contributed by atoms with Crippen LogP contribution < -0.4 is 5.32 Å². The highest BCUT2D eigenvalue weighted by atomic mass is 32.2. The van der Waals surface area contributed by atoms with Crippen molar-refractivity contribution >= 4 is 34.7 Å². The molecule has 1 amide bonds. The van der Waals surface area contributed by atoms with Crippen LogP contribution in [0.25, 0.3) is 10.4 Å². The summed E-state index contributed by atoms with van der Waals surface area (Å²) < 4.78 is 0. The van der Waals surface area contributed by atoms with Gasteiger partial charge in [0.15, 0.2) is 5.17 Å². The number of benzene rings is 1. The molecule has 1 N–H and O–H groups in total. The highest BCUT2D eigenvalue weighted by molar-refractivity contribution is 8.15. The van der Waals surface area contributed by atoms with Crippen LogP contribution in [0.1, 0.15) is 5.56 Å². The fourth-order valence-electron chi connectivity index (χ4n) is 1.26. The second-order valence-electron chi connectivity index (χ2n) is 3.23. The van der Waals surface area contributed by atoms with Crippen molar-refractivity contribution in [2.75, 3.05) is 5.75 Å². The normalized spacial score (nSPS) is 16.9. The minimum Gasteiger partial charge on any atom is -0.303 e. The molecule has 0 atom stereocenters. The fraction of sp³-hybridized carbons (Fsp3) is 0.100. The summed E-state index contributed by atoms with van der Waals surface area (Å²) in [6.45, 7) is 0. The van der Waals surface area contributed by atoms with Gasteiger partial charge in [0.05, 0.1) is 12.0 Å². The van der Waals surface area contributed by atoms with Crippen LogP contribution in [0.2, 0.25) is 0 Å². The van der Waals surface area contributed by atoms with Crippen LogP contribution >= 0.6 is 11.8 Å². The van der Waals surface area contributed by atoms with Gasteiger partial charge in [0.25, 0.3) is 0 Å². The molecule has 7 nitrogen and oxygen atoms in total. The van der Waals surface area contributed by atoms with Gasteiger partial charge in [0.2, 0.25) is 5.91 Å². The number of nitrogens with one attached hydrogen (secondary N) is 1. The Balaban J connectivity index is 2.14. The number of thioether (sulfide) groups is 1. The van der Waals surface area contributed by atoms with E-state index in [2.05, 4.69) is 25.5 Å². The SMILES string of the molecule is [N-]=[N+]=Nc1ccccc1C=NN=C1NC(=O)CS1. The third-order valence-electron chi connectivity index (χ3n) is 2.02. The molecule has 1 saturated heterocycles. The first-order chi connectivity index (χ1) is 8.79. The van der Waals surface area contributed by atoms with E-state index < -0.39 is 0 Å². The van der Waals surface area contributed by atoms with Gasteiger partial charge in [-0.2, -0.15) is 5.10 Å². The van der Waals surface area contributed by atoms with E-state index in [4.69, 9.17) is 5.53 Å². The van der Waals surface area contributed by atoms with Crippen molar-refractivity contribution < 1.29 is 4.79 Å². The number of amidine groups is 1. The zero-order chi connectivity index (χ0) is 12.8. The molecule has 1 aromatic rings. The average molecular weight is 260 g/mol. The van der Waals surface area contributed by atoms with Crippen LogP contribution in [0, 0.1) is 0 Å². The zero-order valence-corrected chi connectivity index (χ0v) is 9.96. The lowest BCUT2D eigenvalue weighted by molar-refractivity contribution is -0.116. The number of hydrogen-bond donors (Lipinski definition) is 1. The molecule has 0 saturated carbocycles. The molecular weight excluding hydrogens is 252 g/mol. The van der Waals surface area contributed by atoms with E-state index in [0.717, 1.165) is 0 Å². The van der Waals surface area contributed by atoms with Gasteiger partial charge < -0.3 is 5.32 Å². The Morgan fingerprint density at radius 1 is 1.44 bits per heavy atom. The van der Waals surface area contributed by atoms with E-state index >= 15 is 0 Å². The maximum Gasteiger partial charge on any atom is 0.236 e. The molecule has 0 aromatic heterocycles. The quantitative estimate of drug-likeness (QED) is 0.296. The van der Waals surface area contributed by atoms with Gasteiger partial charge in [-0.15, -0.1) is 5.10 Å². The van der Waals surface area contributed by atoms with Crippen LogP contribution in [-0.4, -0.2) is 23.0 Å². The molecule has 1 aliphatic heterocycles. The lowest BCUT2D eigenvalue weighted by atomic mass is 10.2. The molecule has 1 heterocycles. The van der Waals surface area contributed by atoms with E-state index in [1.54, 1.807) is 24.3 Å². The number of carbonyl (C=O) groups is 1. The highest BCUT2D eigenvalue weighted by Crippen LogP contribution is 2.16. The maximum atomic E-state index is 10.9.